The predicted molar refractivity (Wildman–Crippen MR) is 99.0 cm³/mol. The Bertz CT molecular complexity index is 729. The number of aryl methyl sites for hydroxylation is 1. The molecule has 2 rings (SSSR count). The Morgan fingerprint density at radius 3 is 2.63 bits per heavy atom. The zero-order valence-electron chi connectivity index (χ0n) is 15.2. The normalized spacial score (nSPS) is 16.0. The van der Waals surface area contributed by atoms with Crippen LogP contribution in [0.15, 0.2) is 36.9 Å². The molecule has 8 nitrogen and oxygen atoms in total. The number of carbonyl (C=O) groups is 4. The van der Waals surface area contributed by atoms with Crippen LogP contribution < -0.4 is 15.5 Å². The lowest BCUT2D eigenvalue weighted by Gasteiger charge is -2.17. The number of amides is 4. The number of imide groups is 1. The molecule has 1 heterocycles. The monoisotopic (exact) mass is 373 g/mol. The summed E-state index contributed by atoms with van der Waals surface area (Å²) in [4.78, 5) is 48.8. The Morgan fingerprint density at radius 1 is 1.30 bits per heavy atom. The van der Waals surface area contributed by atoms with Crippen LogP contribution in [0, 0.1) is 5.92 Å². The van der Waals surface area contributed by atoms with E-state index in [1.54, 1.807) is 0 Å². The van der Waals surface area contributed by atoms with Gasteiger partial charge in [-0.15, -0.1) is 6.58 Å². The zero-order valence-corrected chi connectivity index (χ0v) is 15.2. The molecule has 1 atom stereocenters. The van der Waals surface area contributed by atoms with Gasteiger partial charge in [-0.1, -0.05) is 25.1 Å². The molecule has 1 aromatic carbocycles. The van der Waals surface area contributed by atoms with Crippen molar-refractivity contribution in [2.75, 3.05) is 24.6 Å². The first-order valence-corrected chi connectivity index (χ1v) is 8.69. The summed E-state index contributed by atoms with van der Waals surface area (Å²) in [6.07, 6.45) is 2.38. The number of hydrogen-bond acceptors (Lipinski definition) is 5. The van der Waals surface area contributed by atoms with E-state index in [2.05, 4.69) is 11.9 Å². The highest BCUT2D eigenvalue weighted by atomic mass is 16.5. The Hall–Kier alpha value is -3.16. The summed E-state index contributed by atoms with van der Waals surface area (Å²) in [6, 6.07) is 6.87. The lowest BCUT2D eigenvalue weighted by molar-refractivity contribution is -0.152. The highest BCUT2D eigenvalue weighted by molar-refractivity contribution is 6.00. The average Bonchev–Trinajstić information content (AvgIpc) is 3.06. The summed E-state index contributed by atoms with van der Waals surface area (Å²) in [5.41, 5.74) is 1.88. The van der Waals surface area contributed by atoms with Crippen molar-refractivity contribution in [3.05, 3.63) is 42.5 Å². The number of benzene rings is 1. The van der Waals surface area contributed by atoms with E-state index in [1.165, 1.54) is 11.0 Å². The predicted octanol–water partition coefficient (Wildman–Crippen LogP) is 1.16. The Labute approximate surface area is 157 Å². The maximum absolute atomic E-state index is 12.2. The van der Waals surface area contributed by atoms with Crippen LogP contribution in [0.25, 0.3) is 0 Å². The van der Waals surface area contributed by atoms with Gasteiger partial charge in [0.25, 0.3) is 5.91 Å². The molecule has 0 saturated carbocycles. The van der Waals surface area contributed by atoms with Crippen molar-refractivity contribution in [1.82, 2.24) is 10.6 Å². The first-order chi connectivity index (χ1) is 12.9. The largest absolute Gasteiger partial charge is 0.455 e. The second kappa shape index (κ2) is 9.51. The van der Waals surface area contributed by atoms with Gasteiger partial charge < -0.3 is 15.0 Å². The molecule has 1 aliphatic heterocycles. The van der Waals surface area contributed by atoms with E-state index >= 15 is 0 Å². The summed E-state index contributed by atoms with van der Waals surface area (Å²) >= 11 is 0. The Kier molecular flexibility index (Phi) is 7.10. The van der Waals surface area contributed by atoms with Gasteiger partial charge in [-0.2, -0.15) is 0 Å². The van der Waals surface area contributed by atoms with Crippen LogP contribution in [0.4, 0.5) is 10.5 Å². The van der Waals surface area contributed by atoms with E-state index in [-0.39, 0.29) is 25.4 Å². The number of hydrogen-bond donors (Lipinski definition) is 2. The summed E-state index contributed by atoms with van der Waals surface area (Å²) in [5.74, 6) is -2.21. The van der Waals surface area contributed by atoms with Crippen molar-refractivity contribution in [1.29, 1.82) is 0 Å². The third-order valence-electron chi connectivity index (χ3n) is 4.12. The van der Waals surface area contributed by atoms with Crippen molar-refractivity contribution in [2.45, 2.75) is 19.8 Å². The lowest BCUT2D eigenvalue weighted by Crippen LogP contribution is -2.41. The maximum atomic E-state index is 12.2. The highest BCUT2D eigenvalue weighted by Gasteiger charge is 2.36. The van der Waals surface area contributed by atoms with Crippen molar-refractivity contribution in [3.63, 3.8) is 0 Å². The topological polar surface area (TPSA) is 105 Å². The average molecular weight is 373 g/mol. The standard InChI is InChI=1S/C19H23N3O5/c1-3-9-20-19(26)21-16(23)12-27-18(25)14-10-17(24)22(11-14)15-7-5-13(4-2)6-8-15/h3,5-8,14H,1,4,9-12H2,2H3,(H2,20,21,23,26)/t14-/m1/s1. The highest BCUT2D eigenvalue weighted by Crippen LogP contribution is 2.26. The van der Waals surface area contributed by atoms with Crippen LogP contribution in [0.5, 0.6) is 0 Å². The molecule has 4 amide bonds. The number of nitrogens with one attached hydrogen (secondary N) is 2. The van der Waals surface area contributed by atoms with Crippen molar-refractivity contribution in [2.24, 2.45) is 5.92 Å². The summed E-state index contributed by atoms with van der Waals surface area (Å²) in [5, 5.41) is 4.39. The first-order valence-electron chi connectivity index (χ1n) is 8.69. The number of esters is 1. The fourth-order valence-electron chi connectivity index (χ4n) is 2.65. The molecule has 1 aliphatic rings. The van der Waals surface area contributed by atoms with Gasteiger partial charge in [0.05, 0.1) is 5.92 Å². The smallest absolute Gasteiger partial charge is 0.321 e. The van der Waals surface area contributed by atoms with E-state index < -0.39 is 30.4 Å². The van der Waals surface area contributed by atoms with Crippen molar-refractivity contribution in [3.8, 4) is 0 Å². The van der Waals surface area contributed by atoms with Gasteiger partial charge in [0, 0.05) is 25.2 Å². The second-order valence-electron chi connectivity index (χ2n) is 6.08. The summed E-state index contributed by atoms with van der Waals surface area (Å²) in [7, 11) is 0. The molecule has 2 N–H and O–H groups in total. The molecule has 8 heteroatoms. The van der Waals surface area contributed by atoms with Crippen LogP contribution in [0.2, 0.25) is 0 Å². The van der Waals surface area contributed by atoms with Gasteiger partial charge in [0.2, 0.25) is 5.91 Å². The molecule has 0 bridgehead atoms. The number of anilines is 1. The number of nitrogens with zero attached hydrogens (tertiary/aromatic N) is 1. The molecule has 1 aromatic rings. The van der Waals surface area contributed by atoms with Crippen LogP contribution in [0.3, 0.4) is 0 Å². The van der Waals surface area contributed by atoms with Gasteiger partial charge in [0.15, 0.2) is 6.61 Å². The number of rotatable bonds is 7. The third kappa shape index (κ3) is 5.67. The summed E-state index contributed by atoms with van der Waals surface area (Å²) in [6.45, 7) is 5.29. The fourth-order valence-corrected chi connectivity index (χ4v) is 2.65. The van der Waals surface area contributed by atoms with Crippen LogP contribution >= 0.6 is 0 Å². The molecular formula is C19H23N3O5. The van der Waals surface area contributed by atoms with Gasteiger partial charge in [-0.25, -0.2) is 4.79 Å². The summed E-state index contributed by atoms with van der Waals surface area (Å²) < 4.78 is 4.93. The Morgan fingerprint density at radius 2 is 2.00 bits per heavy atom. The third-order valence-corrected chi connectivity index (χ3v) is 4.12. The molecule has 144 valence electrons. The van der Waals surface area contributed by atoms with Gasteiger partial charge in [-0.05, 0) is 24.1 Å². The molecule has 0 aliphatic carbocycles. The minimum atomic E-state index is -0.749. The molecule has 0 unspecified atom stereocenters. The minimum absolute atomic E-state index is 0.0236. The zero-order chi connectivity index (χ0) is 19.8. The number of ether oxygens (including phenoxy) is 1. The van der Waals surface area contributed by atoms with Crippen molar-refractivity contribution < 1.29 is 23.9 Å². The molecule has 0 spiro atoms. The van der Waals surface area contributed by atoms with Gasteiger partial charge in [-0.3, -0.25) is 19.7 Å². The SMILES string of the molecule is C=CCNC(=O)NC(=O)COC(=O)[C@@H]1CC(=O)N(c2ccc(CC)cc2)C1. The maximum Gasteiger partial charge on any atom is 0.321 e. The minimum Gasteiger partial charge on any atom is -0.455 e. The van der Waals surface area contributed by atoms with Crippen LogP contribution in [0.1, 0.15) is 18.9 Å². The quantitative estimate of drug-likeness (QED) is 0.551. The molecule has 0 aromatic heterocycles. The molecule has 1 saturated heterocycles. The van der Waals surface area contributed by atoms with E-state index in [0.717, 1.165) is 17.7 Å². The number of urea groups is 1. The van der Waals surface area contributed by atoms with Gasteiger partial charge in [0.1, 0.15) is 0 Å². The molecule has 27 heavy (non-hydrogen) atoms. The number of carbonyl (C=O) groups excluding carboxylic acids is 4. The molecular weight excluding hydrogens is 350 g/mol. The van der Waals surface area contributed by atoms with E-state index in [1.807, 2.05) is 36.5 Å². The molecule has 0 radical (unpaired) electrons. The van der Waals surface area contributed by atoms with E-state index in [0.29, 0.717) is 0 Å². The van der Waals surface area contributed by atoms with E-state index in [9.17, 15) is 19.2 Å². The van der Waals surface area contributed by atoms with Gasteiger partial charge >= 0.3 is 12.0 Å². The van der Waals surface area contributed by atoms with E-state index in [4.69, 9.17) is 4.74 Å². The second-order valence-corrected chi connectivity index (χ2v) is 6.08. The van der Waals surface area contributed by atoms with Crippen LogP contribution in [-0.4, -0.2) is 43.5 Å². The fraction of sp³-hybridized carbons (Fsp3) is 0.368. The Balaban J connectivity index is 1.83. The molecule has 1 fully saturated rings. The first kappa shape index (κ1) is 20.2. The van der Waals surface area contributed by atoms with Crippen molar-refractivity contribution >= 4 is 29.5 Å². The lowest BCUT2D eigenvalue weighted by atomic mass is 10.1. The van der Waals surface area contributed by atoms with Crippen LogP contribution in [-0.2, 0) is 25.5 Å².